The number of benzene rings is 1. The van der Waals surface area contributed by atoms with Gasteiger partial charge in [0.15, 0.2) is 0 Å². The lowest BCUT2D eigenvalue weighted by atomic mass is 10.00. The Morgan fingerprint density at radius 1 is 1.26 bits per heavy atom. The molecule has 1 aromatic carbocycles. The molecule has 0 saturated carbocycles. The van der Waals surface area contributed by atoms with Gasteiger partial charge in [0.1, 0.15) is 5.69 Å². The smallest absolute Gasteiger partial charge is 0.265 e. The van der Waals surface area contributed by atoms with Crippen LogP contribution in [-0.2, 0) is 6.42 Å². The topological polar surface area (TPSA) is 48.0 Å². The monoisotopic (exact) mass is 256 g/mol. The predicted octanol–water partition coefficient (Wildman–Crippen LogP) is 3.40. The van der Waals surface area contributed by atoms with Crippen LogP contribution in [0.5, 0.6) is 0 Å². The highest BCUT2D eigenvalue weighted by atomic mass is 16.1. The Bertz CT molecular complexity index is 582. The normalized spacial score (nSPS) is 10.9. The molecule has 0 fully saturated rings. The van der Waals surface area contributed by atoms with Crippen LogP contribution >= 0.6 is 0 Å². The summed E-state index contributed by atoms with van der Waals surface area (Å²) in [6, 6.07) is 10.2. The van der Waals surface area contributed by atoms with Crippen LogP contribution in [0.4, 0.5) is 0 Å². The van der Waals surface area contributed by atoms with Gasteiger partial charge in [-0.1, -0.05) is 37.3 Å². The van der Waals surface area contributed by atoms with Gasteiger partial charge < -0.3 is 10.3 Å². The molecule has 0 unspecified atom stereocenters. The Morgan fingerprint density at radius 3 is 2.37 bits per heavy atom. The summed E-state index contributed by atoms with van der Waals surface area (Å²) in [7, 11) is 0. The summed E-state index contributed by atoms with van der Waals surface area (Å²) in [5.74, 6) is -0.368. The second kappa shape index (κ2) is 5.31. The highest BCUT2D eigenvalue weighted by Gasteiger charge is 2.21. The number of carbonyl (C=O) groups is 1. The molecule has 0 saturated heterocycles. The molecule has 3 heteroatoms. The van der Waals surface area contributed by atoms with Gasteiger partial charge in [0.2, 0.25) is 0 Å². The van der Waals surface area contributed by atoms with E-state index in [-0.39, 0.29) is 11.9 Å². The number of amides is 1. The molecule has 0 spiro atoms. The van der Waals surface area contributed by atoms with E-state index in [2.05, 4.69) is 20.8 Å². The summed E-state index contributed by atoms with van der Waals surface area (Å²) in [4.78, 5) is 11.9. The lowest BCUT2D eigenvalue weighted by Gasteiger charge is -2.12. The molecular formula is C16H20N2O. The number of hydrogen-bond acceptors (Lipinski definition) is 1. The first-order chi connectivity index (χ1) is 9.06. The average molecular weight is 256 g/mol. The van der Waals surface area contributed by atoms with Gasteiger partial charge in [0.25, 0.3) is 5.91 Å². The van der Waals surface area contributed by atoms with E-state index >= 15 is 0 Å². The molecule has 2 aromatic rings. The summed E-state index contributed by atoms with van der Waals surface area (Å²) in [6.45, 7) is 6.21. The third kappa shape index (κ3) is 2.41. The Kier molecular flexibility index (Phi) is 3.74. The highest BCUT2D eigenvalue weighted by Crippen LogP contribution is 2.31. The van der Waals surface area contributed by atoms with Crippen molar-refractivity contribution in [3.63, 3.8) is 0 Å². The minimum atomic E-state index is -0.368. The zero-order chi connectivity index (χ0) is 14.0. The van der Waals surface area contributed by atoms with Crippen molar-refractivity contribution in [2.45, 2.75) is 33.2 Å². The zero-order valence-electron chi connectivity index (χ0n) is 11.7. The van der Waals surface area contributed by atoms with E-state index < -0.39 is 0 Å². The highest BCUT2D eigenvalue weighted by molar-refractivity contribution is 5.99. The first-order valence-electron chi connectivity index (χ1n) is 6.65. The molecule has 0 aliphatic heterocycles. The van der Waals surface area contributed by atoms with Crippen LogP contribution in [-0.4, -0.2) is 10.5 Å². The number of hydrogen-bond donors (Lipinski definition) is 1. The maximum Gasteiger partial charge on any atom is 0.265 e. The molecule has 0 aliphatic rings. The number of carbonyl (C=O) groups excluding carboxylic acids is 1. The molecule has 1 amide bonds. The maximum absolute atomic E-state index is 11.9. The van der Waals surface area contributed by atoms with Crippen LogP contribution in [0, 0.1) is 0 Å². The summed E-state index contributed by atoms with van der Waals surface area (Å²) in [6.07, 6.45) is 2.93. The van der Waals surface area contributed by atoms with E-state index in [1.807, 2.05) is 41.1 Å². The molecule has 3 nitrogen and oxygen atoms in total. The number of rotatable bonds is 4. The van der Waals surface area contributed by atoms with Gasteiger partial charge >= 0.3 is 0 Å². The fraction of sp³-hybridized carbons (Fsp3) is 0.312. The van der Waals surface area contributed by atoms with Crippen molar-refractivity contribution in [2.24, 2.45) is 5.73 Å². The fourth-order valence-electron chi connectivity index (χ4n) is 2.43. The third-order valence-electron chi connectivity index (χ3n) is 3.34. The van der Waals surface area contributed by atoms with Crippen molar-refractivity contribution >= 4 is 5.91 Å². The van der Waals surface area contributed by atoms with Crippen LogP contribution in [0.25, 0.3) is 11.1 Å². The number of primary amides is 1. The van der Waals surface area contributed by atoms with Crippen LogP contribution < -0.4 is 5.73 Å². The van der Waals surface area contributed by atoms with Crippen LogP contribution in [0.2, 0.25) is 0 Å². The number of aryl methyl sites for hydroxylation is 1. The molecule has 0 aliphatic carbocycles. The molecule has 1 aromatic heterocycles. The number of nitrogens with zero attached hydrogens (tertiary/aromatic N) is 1. The van der Waals surface area contributed by atoms with Gasteiger partial charge in [-0.15, -0.1) is 0 Å². The van der Waals surface area contributed by atoms with E-state index in [1.54, 1.807) is 0 Å². The molecule has 0 bridgehead atoms. The van der Waals surface area contributed by atoms with Crippen LogP contribution in [0.3, 0.4) is 0 Å². The molecule has 2 rings (SSSR count). The molecule has 0 radical (unpaired) electrons. The Hall–Kier alpha value is -2.03. The van der Waals surface area contributed by atoms with Gasteiger partial charge in [-0.25, -0.2) is 0 Å². The fourth-order valence-corrected chi connectivity index (χ4v) is 2.43. The lowest BCUT2D eigenvalue weighted by Crippen LogP contribution is -2.18. The second-order valence-electron chi connectivity index (χ2n) is 4.96. The van der Waals surface area contributed by atoms with E-state index in [1.165, 1.54) is 0 Å². The SMILES string of the molecule is CCc1cn(C(C)C)c(C(N)=O)c1-c1ccccc1. The maximum atomic E-state index is 11.9. The third-order valence-corrected chi connectivity index (χ3v) is 3.34. The quantitative estimate of drug-likeness (QED) is 0.895. The van der Waals surface area contributed by atoms with Crippen molar-refractivity contribution in [2.75, 3.05) is 0 Å². The Balaban J connectivity index is 2.74. The van der Waals surface area contributed by atoms with Gasteiger partial charge in [0, 0.05) is 17.8 Å². The summed E-state index contributed by atoms with van der Waals surface area (Å²) < 4.78 is 1.98. The van der Waals surface area contributed by atoms with Crippen molar-refractivity contribution < 1.29 is 4.79 Å². The minimum absolute atomic E-state index is 0.213. The van der Waals surface area contributed by atoms with E-state index in [9.17, 15) is 4.79 Å². The number of nitrogens with two attached hydrogens (primary N) is 1. The van der Waals surface area contributed by atoms with Gasteiger partial charge in [-0.3, -0.25) is 4.79 Å². The second-order valence-corrected chi connectivity index (χ2v) is 4.96. The molecule has 0 atom stereocenters. The Morgan fingerprint density at radius 2 is 1.89 bits per heavy atom. The predicted molar refractivity (Wildman–Crippen MR) is 78.1 cm³/mol. The van der Waals surface area contributed by atoms with Gasteiger partial charge in [0.05, 0.1) is 0 Å². The first kappa shape index (κ1) is 13.4. The van der Waals surface area contributed by atoms with E-state index in [0.717, 1.165) is 23.1 Å². The summed E-state index contributed by atoms with van der Waals surface area (Å²) in [5, 5.41) is 0. The summed E-state index contributed by atoms with van der Waals surface area (Å²) in [5.41, 5.74) is 9.39. The molecule has 100 valence electrons. The van der Waals surface area contributed by atoms with Crippen LogP contribution in [0.1, 0.15) is 42.9 Å². The Labute approximate surface area is 114 Å². The molecule has 19 heavy (non-hydrogen) atoms. The van der Waals surface area contributed by atoms with E-state index in [4.69, 9.17) is 5.73 Å². The lowest BCUT2D eigenvalue weighted by molar-refractivity contribution is 0.0990. The molecule has 2 N–H and O–H groups in total. The zero-order valence-corrected chi connectivity index (χ0v) is 11.7. The van der Waals surface area contributed by atoms with Gasteiger partial charge in [-0.2, -0.15) is 0 Å². The van der Waals surface area contributed by atoms with Crippen LogP contribution in [0.15, 0.2) is 36.5 Å². The van der Waals surface area contributed by atoms with Crippen molar-refractivity contribution in [1.29, 1.82) is 0 Å². The number of aromatic nitrogens is 1. The molecular weight excluding hydrogens is 236 g/mol. The molecule has 1 heterocycles. The largest absolute Gasteiger partial charge is 0.364 e. The first-order valence-corrected chi connectivity index (χ1v) is 6.65. The van der Waals surface area contributed by atoms with Crippen molar-refractivity contribution in [3.8, 4) is 11.1 Å². The van der Waals surface area contributed by atoms with Gasteiger partial charge in [-0.05, 0) is 31.4 Å². The summed E-state index contributed by atoms with van der Waals surface area (Å²) >= 11 is 0. The van der Waals surface area contributed by atoms with Crippen molar-refractivity contribution in [3.05, 3.63) is 47.8 Å². The minimum Gasteiger partial charge on any atom is -0.364 e. The standard InChI is InChI=1S/C16H20N2O/c1-4-12-10-18(11(2)3)15(16(17)19)14(12)13-8-6-5-7-9-13/h5-11H,4H2,1-3H3,(H2,17,19). The van der Waals surface area contributed by atoms with E-state index in [0.29, 0.717) is 5.69 Å². The van der Waals surface area contributed by atoms with Crippen molar-refractivity contribution in [1.82, 2.24) is 4.57 Å². The average Bonchev–Trinajstić information content (AvgIpc) is 2.79.